The molecule has 1 aromatic carbocycles. The summed E-state index contributed by atoms with van der Waals surface area (Å²) >= 11 is 0. The fourth-order valence-corrected chi connectivity index (χ4v) is 4.04. The molecular formula is C23H22FN5O2. The zero-order chi connectivity index (χ0) is 21.4. The number of aromatic nitrogens is 4. The number of anilines is 1. The van der Waals surface area contributed by atoms with Gasteiger partial charge in [0.15, 0.2) is 11.6 Å². The van der Waals surface area contributed by atoms with E-state index in [4.69, 9.17) is 14.5 Å². The summed E-state index contributed by atoms with van der Waals surface area (Å²) in [6.45, 7) is 4.03. The van der Waals surface area contributed by atoms with Crippen LogP contribution in [0.2, 0.25) is 0 Å². The van der Waals surface area contributed by atoms with Crippen molar-refractivity contribution in [3.63, 3.8) is 0 Å². The lowest BCUT2D eigenvalue weighted by molar-refractivity contribution is 0.0986. The molecule has 1 fully saturated rings. The summed E-state index contributed by atoms with van der Waals surface area (Å²) in [6, 6.07) is 11.0. The predicted molar refractivity (Wildman–Crippen MR) is 117 cm³/mol. The molecule has 7 nitrogen and oxygen atoms in total. The van der Waals surface area contributed by atoms with Crippen molar-refractivity contribution in [3.8, 4) is 28.3 Å². The Morgan fingerprint density at radius 3 is 2.87 bits per heavy atom. The Labute approximate surface area is 178 Å². The molecule has 0 bridgehead atoms. The van der Waals surface area contributed by atoms with Crippen LogP contribution in [0.1, 0.15) is 6.92 Å². The number of nitrogens with one attached hydrogen (secondary N) is 1. The topological polar surface area (TPSA) is 76.2 Å². The molecule has 0 radical (unpaired) electrons. The number of rotatable bonds is 4. The second-order valence-corrected chi connectivity index (χ2v) is 7.49. The smallest absolute Gasteiger partial charge is 0.172 e. The highest BCUT2D eigenvalue weighted by Gasteiger charge is 2.24. The molecule has 0 spiro atoms. The number of fused-ring (bicyclic) bond motifs is 1. The molecule has 4 aromatic rings. The number of benzene rings is 1. The van der Waals surface area contributed by atoms with Crippen LogP contribution in [0, 0.1) is 5.82 Å². The van der Waals surface area contributed by atoms with Crippen molar-refractivity contribution in [2.45, 2.75) is 13.0 Å². The quantitative estimate of drug-likeness (QED) is 0.538. The fourth-order valence-electron chi connectivity index (χ4n) is 4.04. The van der Waals surface area contributed by atoms with Gasteiger partial charge in [-0.15, -0.1) is 0 Å². The van der Waals surface area contributed by atoms with Gasteiger partial charge in [0.25, 0.3) is 0 Å². The first kappa shape index (κ1) is 19.4. The standard InChI is InChI=1S/C23H22FN5O2/c1-14-13-31-11-10-29(14)20-12-17(15-4-3-5-19(30-2)21(15)24)16-6-8-25-23(22(16)27-20)18-7-9-26-28-18/h3-9,12,14H,10-11,13H2,1-2H3,(H,26,28). The van der Waals surface area contributed by atoms with E-state index in [9.17, 15) is 0 Å². The van der Waals surface area contributed by atoms with Crippen LogP contribution in [0.25, 0.3) is 33.4 Å². The summed E-state index contributed by atoms with van der Waals surface area (Å²) in [4.78, 5) is 11.7. The van der Waals surface area contributed by atoms with Crippen molar-refractivity contribution in [1.29, 1.82) is 0 Å². The predicted octanol–water partition coefficient (Wildman–Crippen LogP) is 4.06. The number of nitrogens with zero attached hydrogens (tertiary/aromatic N) is 4. The molecule has 4 heterocycles. The Balaban J connectivity index is 1.81. The lowest BCUT2D eigenvalue weighted by Gasteiger charge is -2.34. The van der Waals surface area contributed by atoms with E-state index >= 15 is 4.39 Å². The van der Waals surface area contributed by atoms with E-state index in [-0.39, 0.29) is 11.8 Å². The zero-order valence-corrected chi connectivity index (χ0v) is 17.3. The van der Waals surface area contributed by atoms with Crippen LogP contribution in [-0.4, -0.2) is 53.1 Å². The molecular weight excluding hydrogens is 397 g/mol. The number of morpholine rings is 1. The van der Waals surface area contributed by atoms with Gasteiger partial charge in [-0.05, 0) is 36.8 Å². The van der Waals surface area contributed by atoms with Crippen molar-refractivity contribution in [2.75, 3.05) is 31.8 Å². The van der Waals surface area contributed by atoms with Crippen molar-refractivity contribution in [1.82, 2.24) is 20.2 Å². The molecule has 0 aliphatic carbocycles. The molecule has 0 amide bonds. The largest absolute Gasteiger partial charge is 0.494 e. The number of H-pyrrole nitrogens is 1. The number of aromatic amines is 1. The van der Waals surface area contributed by atoms with Gasteiger partial charge >= 0.3 is 0 Å². The Bertz CT molecular complexity index is 1230. The number of hydrogen-bond donors (Lipinski definition) is 1. The maximum Gasteiger partial charge on any atom is 0.172 e. The third-order valence-corrected chi connectivity index (χ3v) is 5.61. The first-order valence-corrected chi connectivity index (χ1v) is 10.1. The van der Waals surface area contributed by atoms with Gasteiger partial charge in [-0.2, -0.15) is 5.10 Å². The molecule has 1 unspecified atom stereocenters. The van der Waals surface area contributed by atoms with Gasteiger partial charge in [0, 0.05) is 29.9 Å². The monoisotopic (exact) mass is 419 g/mol. The SMILES string of the molecule is COc1cccc(-c2cc(N3CCOCC3C)nc3c(-c4ccn[nH]4)nccc23)c1F. The number of methoxy groups -OCH3 is 1. The second kappa shape index (κ2) is 7.96. The molecule has 1 aliphatic rings. The van der Waals surface area contributed by atoms with Crippen LogP contribution in [0.4, 0.5) is 10.2 Å². The normalized spacial score (nSPS) is 16.6. The number of pyridine rings is 2. The minimum atomic E-state index is -0.404. The van der Waals surface area contributed by atoms with Crippen molar-refractivity contribution in [3.05, 3.63) is 54.6 Å². The fraction of sp³-hybridized carbons (Fsp3) is 0.261. The Kier molecular flexibility index (Phi) is 4.99. The number of halogens is 1. The summed E-state index contributed by atoms with van der Waals surface area (Å²) in [5.74, 6) is 0.555. The molecule has 0 saturated carbocycles. The van der Waals surface area contributed by atoms with E-state index in [1.807, 2.05) is 18.2 Å². The minimum absolute atomic E-state index is 0.147. The van der Waals surface area contributed by atoms with E-state index in [0.717, 1.165) is 22.5 Å². The molecule has 1 atom stereocenters. The van der Waals surface area contributed by atoms with Crippen LogP contribution in [-0.2, 0) is 4.74 Å². The Morgan fingerprint density at radius 2 is 2.10 bits per heavy atom. The third-order valence-electron chi connectivity index (χ3n) is 5.61. The molecule has 5 rings (SSSR count). The van der Waals surface area contributed by atoms with Crippen molar-refractivity contribution < 1.29 is 13.9 Å². The first-order chi connectivity index (χ1) is 15.2. The average Bonchev–Trinajstić information content (AvgIpc) is 3.33. The van der Waals surface area contributed by atoms with Crippen LogP contribution in [0.5, 0.6) is 5.75 Å². The molecule has 31 heavy (non-hydrogen) atoms. The average molecular weight is 419 g/mol. The summed E-state index contributed by atoms with van der Waals surface area (Å²) in [5.41, 5.74) is 3.29. The lowest BCUT2D eigenvalue weighted by atomic mass is 9.99. The lowest BCUT2D eigenvalue weighted by Crippen LogP contribution is -2.44. The zero-order valence-electron chi connectivity index (χ0n) is 17.3. The number of ether oxygens (including phenoxy) is 2. The highest BCUT2D eigenvalue weighted by Crippen LogP contribution is 2.38. The summed E-state index contributed by atoms with van der Waals surface area (Å²) in [6.07, 6.45) is 3.38. The van der Waals surface area contributed by atoms with Gasteiger partial charge in [-0.3, -0.25) is 10.1 Å². The van der Waals surface area contributed by atoms with E-state index in [1.165, 1.54) is 7.11 Å². The Hall–Kier alpha value is -3.52. The highest BCUT2D eigenvalue weighted by atomic mass is 19.1. The van der Waals surface area contributed by atoms with Crippen LogP contribution < -0.4 is 9.64 Å². The maximum absolute atomic E-state index is 15.3. The maximum atomic E-state index is 15.3. The van der Waals surface area contributed by atoms with E-state index < -0.39 is 5.82 Å². The van der Waals surface area contributed by atoms with Crippen molar-refractivity contribution >= 4 is 16.7 Å². The van der Waals surface area contributed by atoms with Gasteiger partial charge in [-0.25, -0.2) is 9.37 Å². The van der Waals surface area contributed by atoms with Gasteiger partial charge in [-0.1, -0.05) is 12.1 Å². The van der Waals surface area contributed by atoms with Gasteiger partial charge in [0.05, 0.1) is 32.1 Å². The van der Waals surface area contributed by atoms with Crippen LogP contribution in [0.3, 0.4) is 0 Å². The highest BCUT2D eigenvalue weighted by molar-refractivity contribution is 6.01. The summed E-state index contributed by atoms with van der Waals surface area (Å²) in [5, 5.41) is 7.82. The van der Waals surface area contributed by atoms with Crippen LogP contribution in [0.15, 0.2) is 48.8 Å². The molecule has 1 saturated heterocycles. The van der Waals surface area contributed by atoms with E-state index in [0.29, 0.717) is 36.5 Å². The minimum Gasteiger partial charge on any atom is -0.494 e. The third kappa shape index (κ3) is 3.38. The molecule has 3 aromatic heterocycles. The van der Waals surface area contributed by atoms with Gasteiger partial charge < -0.3 is 14.4 Å². The van der Waals surface area contributed by atoms with E-state index in [2.05, 4.69) is 27.0 Å². The second-order valence-electron chi connectivity index (χ2n) is 7.49. The van der Waals surface area contributed by atoms with Crippen LogP contribution >= 0.6 is 0 Å². The first-order valence-electron chi connectivity index (χ1n) is 10.1. The van der Waals surface area contributed by atoms with E-state index in [1.54, 1.807) is 30.6 Å². The summed E-state index contributed by atoms with van der Waals surface area (Å²) < 4.78 is 26.1. The molecule has 8 heteroatoms. The summed E-state index contributed by atoms with van der Waals surface area (Å²) in [7, 11) is 1.47. The van der Waals surface area contributed by atoms with Gasteiger partial charge in [0.1, 0.15) is 17.0 Å². The van der Waals surface area contributed by atoms with Gasteiger partial charge in [0.2, 0.25) is 0 Å². The molecule has 158 valence electrons. The molecule has 1 N–H and O–H groups in total. The Morgan fingerprint density at radius 1 is 1.19 bits per heavy atom. The van der Waals surface area contributed by atoms with Crippen molar-refractivity contribution in [2.24, 2.45) is 0 Å². The number of hydrogen-bond acceptors (Lipinski definition) is 6. The molecule has 1 aliphatic heterocycles.